The van der Waals surface area contributed by atoms with Crippen LogP contribution in [0.3, 0.4) is 0 Å². The van der Waals surface area contributed by atoms with Crippen LogP contribution in [-0.4, -0.2) is 38.1 Å². The Morgan fingerprint density at radius 1 is 1.50 bits per heavy atom. The highest BCUT2D eigenvalue weighted by Gasteiger charge is 2.14. The van der Waals surface area contributed by atoms with E-state index in [1.54, 1.807) is 0 Å². The van der Waals surface area contributed by atoms with Crippen molar-refractivity contribution in [1.82, 2.24) is 4.90 Å². The van der Waals surface area contributed by atoms with Crippen molar-refractivity contribution in [2.24, 2.45) is 0 Å². The highest BCUT2D eigenvalue weighted by molar-refractivity contribution is 7.15. The van der Waals surface area contributed by atoms with E-state index in [1.807, 2.05) is 12.1 Å². The topological polar surface area (TPSA) is 29.5 Å². The van der Waals surface area contributed by atoms with Gasteiger partial charge in [0.1, 0.15) is 4.88 Å². The monoisotopic (exact) mass is 237 g/mol. The van der Waals surface area contributed by atoms with Crippen LogP contribution in [0.1, 0.15) is 21.0 Å². The lowest BCUT2D eigenvalue weighted by Crippen LogP contribution is -2.23. The molecule has 0 N–H and O–H groups in total. The molecule has 1 aliphatic heterocycles. The van der Waals surface area contributed by atoms with Gasteiger partial charge in [0.05, 0.1) is 7.11 Å². The van der Waals surface area contributed by atoms with Crippen LogP contribution < -0.4 is 0 Å². The molecule has 0 bridgehead atoms. The SMILES string of the molecule is COC(=O)c1ccc(C2=CCN(C)CC2)s1. The van der Waals surface area contributed by atoms with Crippen molar-refractivity contribution in [1.29, 1.82) is 0 Å². The molecule has 3 nitrogen and oxygen atoms in total. The summed E-state index contributed by atoms with van der Waals surface area (Å²) in [5.41, 5.74) is 1.35. The predicted molar refractivity (Wildman–Crippen MR) is 65.7 cm³/mol. The molecule has 0 aromatic carbocycles. The van der Waals surface area contributed by atoms with Crippen LogP contribution in [0.2, 0.25) is 0 Å². The van der Waals surface area contributed by atoms with Gasteiger partial charge in [-0.25, -0.2) is 4.79 Å². The average molecular weight is 237 g/mol. The van der Waals surface area contributed by atoms with Gasteiger partial charge >= 0.3 is 5.97 Å². The second-order valence-electron chi connectivity index (χ2n) is 3.90. The van der Waals surface area contributed by atoms with Crippen molar-refractivity contribution < 1.29 is 9.53 Å². The minimum atomic E-state index is -0.246. The molecule has 0 aliphatic carbocycles. The first-order valence-electron chi connectivity index (χ1n) is 5.27. The highest BCUT2D eigenvalue weighted by Crippen LogP contribution is 2.28. The Labute approximate surface area is 99.3 Å². The summed E-state index contributed by atoms with van der Waals surface area (Å²) in [6.07, 6.45) is 3.29. The van der Waals surface area contributed by atoms with Crippen LogP contribution in [0.4, 0.5) is 0 Å². The molecule has 16 heavy (non-hydrogen) atoms. The Morgan fingerprint density at radius 3 is 2.94 bits per heavy atom. The summed E-state index contributed by atoms with van der Waals surface area (Å²) in [5, 5.41) is 0. The molecule has 4 heteroatoms. The van der Waals surface area contributed by atoms with Gasteiger partial charge in [-0.15, -0.1) is 11.3 Å². The number of likely N-dealkylation sites (N-methyl/N-ethyl adjacent to an activating group) is 1. The molecular formula is C12H15NO2S. The van der Waals surface area contributed by atoms with Crippen molar-refractivity contribution >= 4 is 22.9 Å². The van der Waals surface area contributed by atoms with E-state index in [9.17, 15) is 4.79 Å². The van der Waals surface area contributed by atoms with Crippen LogP contribution >= 0.6 is 11.3 Å². The van der Waals surface area contributed by atoms with E-state index in [0.717, 1.165) is 19.5 Å². The molecule has 0 atom stereocenters. The molecule has 0 radical (unpaired) electrons. The summed E-state index contributed by atoms with van der Waals surface area (Å²) < 4.78 is 4.70. The van der Waals surface area contributed by atoms with Crippen molar-refractivity contribution in [2.75, 3.05) is 27.2 Å². The number of nitrogens with zero attached hydrogens (tertiary/aromatic N) is 1. The molecule has 1 aliphatic rings. The Hall–Kier alpha value is -1.13. The van der Waals surface area contributed by atoms with Crippen molar-refractivity contribution in [2.45, 2.75) is 6.42 Å². The van der Waals surface area contributed by atoms with E-state index < -0.39 is 0 Å². The zero-order valence-electron chi connectivity index (χ0n) is 9.53. The lowest BCUT2D eigenvalue weighted by atomic mass is 10.1. The molecule has 0 saturated heterocycles. The fourth-order valence-corrected chi connectivity index (χ4v) is 2.71. The van der Waals surface area contributed by atoms with E-state index in [2.05, 4.69) is 18.0 Å². The van der Waals surface area contributed by atoms with Crippen molar-refractivity contribution in [3.63, 3.8) is 0 Å². The Kier molecular flexibility index (Phi) is 3.41. The molecule has 1 aromatic heterocycles. The van der Waals surface area contributed by atoms with Gasteiger partial charge in [-0.3, -0.25) is 0 Å². The van der Waals surface area contributed by atoms with Gasteiger partial charge in [0.25, 0.3) is 0 Å². The number of hydrogen-bond donors (Lipinski definition) is 0. The first-order valence-corrected chi connectivity index (χ1v) is 6.08. The summed E-state index contributed by atoms with van der Waals surface area (Å²) in [7, 11) is 3.53. The summed E-state index contributed by atoms with van der Waals surface area (Å²) in [6.45, 7) is 2.07. The number of rotatable bonds is 2. The van der Waals surface area contributed by atoms with Crippen LogP contribution in [0.15, 0.2) is 18.2 Å². The Balaban J connectivity index is 2.16. The zero-order chi connectivity index (χ0) is 11.5. The predicted octanol–water partition coefficient (Wildman–Crippen LogP) is 2.25. The van der Waals surface area contributed by atoms with E-state index in [0.29, 0.717) is 4.88 Å². The molecule has 0 amide bonds. The summed E-state index contributed by atoms with van der Waals surface area (Å²) in [5.74, 6) is -0.246. The lowest BCUT2D eigenvalue weighted by Gasteiger charge is -2.21. The van der Waals surface area contributed by atoms with Crippen LogP contribution in [0.25, 0.3) is 5.57 Å². The second-order valence-corrected chi connectivity index (χ2v) is 4.98. The average Bonchev–Trinajstić information content (AvgIpc) is 2.78. The second kappa shape index (κ2) is 4.80. The van der Waals surface area contributed by atoms with Gasteiger partial charge in [-0.2, -0.15) is 0 Å². The smallest absolute Gasteiger partial charge is 0.348 e. The quantitative estimate of drug-likeness (QED) is 0.739. The third kappa shape index (κ3) is 2.33. The number of carbonyl (C=O) groups is 1. The molecule has 86 valence electrons. The van der Waals surface area contributed by atoms with Gasteiger partial charge in [0, 0.05) is 18.0 Å². The molecule has 2 rings (SSSR count). The maximum Gasteiger partial charge on any atom is 0.348 e. The molecule has 2 heterocycles. The van der Waals surface area contributed by atoms with Gasteiger partial charge in [-0.05, 0) is 31.2 Å². The number of carbonyl (C=O) groups excluding carboxylic acids is 1. The fourth-order valence-electron chi connectivity index (χ4n) is 1.72. The summed E-state index contributed by atoms with van der Waals surface area (Å²) in [6, 6.07) is 3.85. The Morgan fingerprint density at radius 2 is 2.31 bits per heavy atom. The van der Waals surface area contributed by atoms with Gasteiger partial charge in [0.2, 0.25) is 0 Å². The first-order chi connectivity index (χ1) is 7.70. The normalized spacial score (nSPS) is 17.0. The molecule has 0 spiro atoms. The number of ether oxygens (including phenoxy) is 1. The first kappa shape index (κ1) is 11.4. The Bertz CT molecular complexity index is 422. The maximum absolute atomic E-state index is 11.3. The number of hydrogen-bond acceptors (Lipinski definition) is 4. The number of esters is 1. The summed E-state index contributed by atoms with van der Waals surface area (Å²) >= 11 is 1.51. The standard InChI is InChI=1S/C12H15NO2S/c1-13-7-5-9(6-8-13)10-3-4-11(16-10)12(14)15-2/h3-5H,6-8H2,1-2H3. The molecular weight excluding hydrogens is 222 g/mol. The number of methoxy groups -OCH3 is 1. The number of thiophene rings is 1. The van der Waals surface area contributed by atoms with Crippen LogP contribution in [0.5, 0.6) is 0 Å². The van der Waals surface area contributed by atoms with Gasteiger partial charge in [-0.1, -0.05) is 6.08 Å². The molecule has 0 fully saturated rings. The third-order valence-electron chi connectivity index (χ3n) is 2.72. The fraction of sp³-hybridized carbons (Fsp3) is 0.417. The van der Waals surface area contributed by atoms with E-state index in [1.165, 1.54) is 28.9 Å². The minimum Gasteiger partial charge on any atom is -0.465 e. The minimum absolute atomic E-state index is 0.246. The molecule has 0 unspecified atom stereocenters. The van der Waals surface area contributed by atoms with E-state index >= 15 is 0 Å². The highest BCUT2D eigenvalue weighted by atomic mass is 32.1. The lowest BCUT2D eigenvalue weighted by molar-refractivity contribution is 0.0606. The van der Waals surface area contributed by atoms with Crippen LogP contribution in [-0.2, 0) is 4.74 Å². The van der Waals surface area contributed by atoms with E-state index in [-0.39, 0.29) is 5.97 Å². The van der Waals surface area contributed by atoms with Gasteiger partial charge in [0.15, 0.2) is 0 Å². The van der Waals surface area contributed by atoms with Crippen LogP contribution in [0, 0.1) is 0 Å². The zero-order valence-corrected chi connectivity index (χ0v) is 10.3. The summed E-state index contributed by atoms with van der Waals surface area (Å²) in [4.78, 5) is 15.5. The van der Waals surface area contributed by atoms with Crippen molar-refractivity contribution in [3.8, 4) is 0 Å². The van der Waals surface area contributed by atoms with Gasteiger partial charge < -0.3 is 9.64 Å². The molecule has 0 saturated carbocycles. The van der Waals surface area contributed by atoms with Crippen molar-refractivity contribution in [3.05, 3.63) is 28.0 Å². The third-order valence-corrected chi connectivity index (χ3v) is 3.86. The molecule has 1 aromatic rings. The maximum atomic E-state index is 11.3. The van der Waals surface area contributed by atoms with E-state index in [4.69, 9.17) is 4.74 Å². The largest absolute Gasteiger partial charge is 0.465 e.